The first-order valence-corrected chi connectivity index (χ1v) is 18.4. The maximum atomic E-state index is 12.8. The molecular weight excluding hydrogens is 806 g/mol. The molecule has 0 fully saturated rings. The summed E-state index contributed by atoms with van der Waals surface area (Å²) in [6.07, 6.45) is 0. The van der Waals surface area contributed by atoms with E-state index in [0.29, 0.717) is 15.7 Å². The molecule has 3 aromatic carbocycles. The van der Waals surface area contributed by atoms with Crippen molar-refractivity contribution in [3.63, 3.8) is 0 Å². The first kappa shape index (κ1) is 37.8. The second kappa shape index (κ2) is 15.2. The topological polar surface area (TPSA) is 170 Å². The third-order valence-electron chi connectivity index (χ3n) is 6.15. The lowest BCUT2D eigenvalue weighted by molar-refractivity contribution is 0.100. The number of ketones is 2. The van der Waals surface area contributed by atoms with Crippen molar-refractivity contribution < 1.29 is 31.2 Å². The molecule has 0 spiro atoms. The Morgan fingerprint density at radius 3 is 1.50 bits per heavy atom. The van der Waals surface area contributed by atoms with Crippen molar-refractivity contribution in [2.45, 2.75) is 63.2 Å². The molecule has 0 heterocycles. The van der Waals surface area contributed by atoms with Gasteiger partial charge in [-0.1, -0.05) is 55.8 Å². The highest BCUT2D eigenvalue weighted by Crippen LogP contribution is 2.35. The Morgan fingerprint density at radius 2 is 1.11 bits per heavy atom. The van der Waals surface area contributed by atoms with Gasteiger partial charge in [0.15, 0.2) is 11.6 Å². The Labute approximate surface area is 283 Å². The highest BCUT2D eigenvalue weighted by atomic mass is 79.9. The van der Waals surface area contributed by atoms with Crippen LogP contribution in [0.4, 0.5) is 10.5 Å². The number of anilines is 1. The Bertz CT molecular complexity index is 1800. The first-order chi connectivity index (χ1) is 20.1. The molecule has 3 aromatic rings. The van der Waals surface area contributed by atoms with E-state index in [-0.39, 0.29) is 43.2 Å². The summed E-state index contributed by atoms with van der Waals surface area (Å²) in [6, 6.07) is 11.4. The summed E-state index contributed by atoms with van der Waals surface area (Å²) in [5, 5.41) is 7.68. The van der Waals surface area contributed by atoms with Gasteiger partial charge in [0, 0.05) is 30.2 Å². The van der Waals surface area contributed by atoms with E-state index >= 15 is 0 Å². The van der Waals surface area contributed by atoms with Crippen LogP contribution in [0.5, 0.6) is 0 Å². The SMILES string of the molecule is CC(=O)c1ccc(Br)c(S(=O)(=O)NC(=O)Nc2c(C(C)C)cc(Br)cc2C(C)C)c1.CC(=O)c1ccc(Br)c(S(N)(=O)=O)c1. The van der Waals surface area contributed by atoms with Gasteiger partial charge in [0.25, 0.3) is 10.0 Å². The minimum atomic E-state index is -4.21. The third-order valence-corrected chi connectivity index (χ3v) is 10.8. The predicted molar refractivity (Wildman–Crippen MR) is 181 cm³/mol. The number of carbonyl (C=O) groups excluding carboxylic acids is 3. The van der Waals surface area contributed by atoms with Crippen LogP contribution in [-0.2, 0) is 20.0 Å². The normalized spacial score (nSPS) is 11.5. The number of primary sulfonamides is 1. The maximum Gasteiger partial charge on any atom is 0.333 e. The average Bonchev–Trinajstić information content (AvgIpc) is 2.88. The van der Waals surface area contributed by atoms with Crippen LogP contribution in [0, 0.1) is 0 Å². The van der Waals surface area contributed by atoms with Gasteiger partial charge in [0.05, 0.1) is 4.90 Å². The molecule has 0 atom stereocenters. The molecule has 15 heteroatoms. The largest absolute Gasteiger partial charge is 0.333 e. The lowest BCUT2D eigenvalue weighted by Gasteiger charge is -2.21. The standard InChI is InChI=1S/C21H24Br2N2O4S.C8H8BrNO3S/c1-11(2)16-9-15(22)10-17(12(3)4)20(16)24-21(27)25-30(28,29)19-8-14(13(5)26)6-7-18(19)23;1-5(11)6-2-3-7(9)8(4-6)14(10,12)13/h6-12H,1-5H3,(H2,24,25,27);2-4H,1H3,(H2,10,12,13). The molecule has 0 aliphatic carbocycles. The van der Waals surface area contributed by atoms with Crippen molar-refractivity contribution in [3.05, 3.63) is 84.2 Å². The van der Waals surface area contributed by atoms with Gasteiger partial charge in [-0.15, -0.1) is 0 Å². The Hall–Kier alpha value is -2.43. The molecule has 0 aromatic heterocycles. The zero-order valence-electron chi connectivity index (χ0n) is 24.7. The highest BCUT2D eigenvalue weighted by molar-refractivity contribution is 9.11. The fourth-order valence-corrected chi connectivity index (χ4v) is 7.84. The van der Waals surface area contributed by atoms with E-state index in [9.17, 15) is 31.2 Å². The fourth-order valence-electron chi connectivity index (χ4n) is 3.89. The minimum absolute atomic E-state index is 0.0785. The molecule has 0 radical (unpaired) electrons. The molecule has 238 valence electrons. The number of carbonyl (C=O) groups is 3. The molecule has 2 amide bonds. The van der Waals surface area contributed by atoms with E-state index in [2.05, 4.69) is 53.1 Å². The summed E-state index contributed by atoms with van der Waals surface area (Å²) >= 11 is 9.72. The van der Waals surface area contributed by atoms with E-state index in [1.54, 1.807) is 0 Å². The van der Waals surface area contributed by atoms with Gasteiger partial charge in [-0.25, -0.2) is 31.5 Å². The molecule has 44 heavy (non-hydrogen) atoms. The van der Waals surface area contributed by atoms with Gasteiger partial charge in [0.1, 0.15) is 4.90 Å². The van der Waals surface area contributed by atoms with E-state index in [1.165, 1.54) is 50.2 Å². The van der Waals surface area contributed by atoms with Gasteiger partial charge in [-0.3, -0.25) is 9.59 Å². The molecule has 0 bridgehead atoms. The van der Waals surface area contributed by atoms with Crippen LogP contribution in [0.15, 0.2) is 71.7 Å². The van der Waals surface area contributed by atoms with Gasteiger partial charge in [-0.2, -0.15) is 0 Å². The maximum absolute atomic E-state index is 12.8. The van der Waals surface area contributed by atoms with Gasteiger partial charge < -0.3 is 5.32 Å². The van der Waals surface area contributed by atoms with Crippen LogP contribution in [0.25, 0.3) is 0 Å². The van der Waals surface area contributed by atoms with Crippen LogP contribution < -0.4 is 15.2 Å². The number of nitrogens with two attached hydrogens (primary N) is 1. The van der Waals surface area contributed by atoms with E-state index < -0.39 is 26.1 Å². The van der Waals surface area contributed by atoms with Crippen LogP contribution >= 0.6 is 47.8 Å². The molecule has 0 saturated heterocycles. The smallest absolute Gasteiger partial charge is 0.307 e. The van der Waals surface area contributed by atoms with Crippen molar-refractivity contribution >= 4 is 91.1 Å². The van der Waals surface area contributed by atoms with Crippen molar-refractivity contribution in [1.82, 2.24) is 4.72 Å². The number of amides is 2. The van der Waals surface area contributed by atoms with Gasteiger partial charge in [0.2, 0.25) is 10.0 Å². The molecule has 0 saturated carbocycles. The van der Waals surface area contributed by atoms with Crippen molar-refractivity contribution in [3.8, 4) is 0 Å². The number of Topliss-reactive ketones (excluding diaryl/α,β-unsaturated/α-hetero) is 2. The molecule has 0 aliphatic heterocycles. The number of urea groups is 1. The number of halogens is 3. The zero-order chi connectivity index (χ0) is 33.7. The molecule has 10 nitrogen and oxygen atoms in total. The molecule has 3 rings (SSSR count). The Balaban J connectivity index is 0.000000402. The number of hydrogen-bond acceptors (Lipinski definition) is 7. The first-order valence-electron chi connectivity index (χ1n) is 13.0. The van der Waals surface area contributed by atoms with Gasteiger partial charge in [-0.05, 0) is 105 Å². The summed E-state index contributed by atoms with van der Waals surface area (Å²) < 4.78 is 51.3. The van der Waals surface area contributed by atoms with Gasteiger partial charge >= 0.3 is 6.03 Å². The second-order valence-electron chi connectivity index (χ2n) is 10.3. The Morgan fingerprint density at radius 1 is 0.705 bits per heavy atom. The van der Waals surface area contributed by atoms with E-state index in [4.69, 9.17) is 5.14 Å². The van der Waals surface area contributed by atoms with E-state index in [1.807, 2.05) is 44.5 Å². The second-order valence-corrected chi connectivity index (χ2v) is 16.1. The zero-order valence-corrected chi connectivity index (χ0v) is 31.0. The Kier molecular flexibility index (Phi) is 13.1. The van der Waals surface area contributed by atoms with Crippen molar-refractivity contribution in [2.75, 3.05) is 5.32 Å². The lowest BCUT2D eigenvalue weighted by atomic mass is 9.93. The van der Waals surface area contributed by atoms with Crippen LogP contribution in [0.1, 0.15) is 85.2 Å². The monoisotopic (exact) mass is 835 g/mol. The molecule has 0 unspecified atom stereocenters. The van der Waals surface area contributed by atoms with Crippen LogP contribution in [0.3, 0.4) is 0 Å². The number of sulfonamides is 2. The number of rotatable bonds is 8. The average molecular weight is 838 g/mol. The summed E-state index contributed by atoms with van der Waals surface area (Å²) in [6.45, 7) is 10.7. The quantitative estimate of drug-likeness (QED) is 0.198. The number of hydrogen-bond donors (Lipinski definition) is 3. The fraction of sp³-hybridized carbons (Fsp3) is 0.276. The number of benzene rings is 3. The van der Waals surface area contributed by atoms with Crippen LogP contribution in [-0.4, -0.2) is 34.4 Å². The van der Waals surface area contributed by atoms with E-state index in [0.717, 1.165) is 15.6 Å². The third kappa shape index (κ3) is 10.0. The van der Waals surface area contributed by atoms with Crippen LogP contribution in [0.2, 0.25) is 0 Å². The molecule has 4 N–H and O–H groups in total. The van der Waals surface area contributed by atoms with Crippen molar-refractivity contribution in [2.24, 2.45) is 5.14 Å². The molecular formula is C29H32Br3N3O7S2. The summed E-state index contributed by atoms with van der Waals surface area (Å²) in [5.74, 6) is -0.273. The van der Waals surface area contributed by atoms with Crippen molar-refractivity contribution in [1.29, 1.82) is 0 Å². The predicted octanol–water partition coefficient (Wildman–Crippen LogP) is 7.47. The summed E-state index contributed by atoms with van der Waals surface area (Å²) in [7, 11) is -8.00. The summed E-state index contributed by atoms with van der Waals surface area (Å²) in [4.78, 5) is 35.0. The molecule has 0 aliphatic rings. The summed E-state index contributed by atoms with van der Waals surface area (Å²) in [5.41, 5.74) is 2.92. The highest BCUT2D eigenvalue weighted by Gasteiger charge is 2.24. The lowest BCUT2D eigenvalue weighted by Crippen LogP contribution is -2.35. The minimum Gasteiger partial charge on any atom is -0.307 e. The number of nitrogens with one attached hydrogen (secondary N) is 2.